The molecule has 4 rings (SSSR count). The predicted octanol–water partition coefficient (Wildman–Crippen LogP) is 5.20. The SMILES string of the molecule is Cc1ccc(S(=O)(=O)OCC(C)Oc2ccc([N+](=O)[O-])c(CS(=O)(=O)c3cccc4ccccc34)c2)cc1. The maximum Gasteiger partial charge on any atom is 0.297 e. The van der Waals surface area contributed by atoms with E-state index in [2.05, 4.69) is 0 Å². The Hall–Kier alpha value is -3.80. The van der Waals surface area contributed by atoms with Crippen molar-refractivity contribution in [1.82, 2.24) is 0 Å². The van der Waals surface area contributed by atoms with E-state index in [-0.39, 0.29) is 33.4 Å². The molecular formula is C27H25NO8S2. The molecule has 0 saturated heterocycles. The minimum atomic E-state index is -4.01. The zero-order chi connectivity index (χ0) is 27.5. The Morgan fingerprint density at radius 3 is 2.29 bits per heavy atom. The summed E-state index contributed by atoms with van der Waals surface area (Å²) < 4.78 is 62.4. The number of ether oxygens (including phenoxy) is 1. The summed E-state index contributed by atoms with van der Waals surface area (Å²) in [5.74, 6) is -0.483. The summed E-state index contributed by atoms with van der Waals surface area (Å²) in [6, 6.07) is 21.8. The van der Waals surface area contributed by atoms with Crippen molar-refractivity contribution in [2.45, 2.75) is 35.5 Å². The first-order chi connectivity index (χ1) is 18.0. The van der Waals surface area contributed by atoms with Crippen LogP contribution < -0.4 is 4.74 Å². The number of aryl methyl sites for hydroxylation is 1. The van der Waals surface area contributed by atoms with E-state index in [4.69, 9.17) is 8.92 Å². The van der Waals surface area contributed by atoms with Crippen LogP contribution in [-0.4, -0.2) is 34.5 Å². The lowest BCUT2D eigenvalue weighted by Gasteiger charge is -2.16. The number of hydrogen-bond acceptors (Lipinski definition) is 8. The minimum absolute atomic E-state index is 0.00608. The van der Waals surface area contributed by atoms with Gasteiger partial charge in [-0.25, -0.2) is 8.42 Å². The van der Waals surface area contributed by atoms with Gasteiger partial charge in [-0.15, -0.1) is 0 Å². The Kier molecular flexibility index (Phi) is 7.81. The lowest BCUT2D eigenvalue weighted by Crippen LogP contribution is -2.22. The smallest absolute Gasteiger partial charge is 0.297 e. The van der Waals surface area contributed by atoms with Gasteiger partial charge in [0.1, 0.15) is 18.5 Å². The van der Waals surface area contributed by atoms with Crippen LogP contribution in [0.3, 0.4) is 0 Å². The van der Waals surface area contributed by atoms with Crippen molar-refractivity contribution >= 4 is 36.4 Å². The molecule has 0 saturated carbocycles. The standard InChI is InChI=1S/C27H25NO8S2/c1-19-10-13-24(14-11-19)38(33,34)35-17-20(2)36-23-12-15-26(28(29)30)22(16-23)18-37(31,32)27-9-5-7-21-6-3-4-8-25(21)27/h3-16,20H,17-18H2,1-2H3. The molecule has 0 spiro atoms. The van der Waals surface area contributed by atoms with E-state index < -0.39 is 36.7 Å². The highest BCUT2D eigenvalue weighted by atomic mass is 32.2. The Labute approximate surface area is 220 Å². The van der Waals surface area contributed by atoms with Gasteiger partial charge in [0.05, 0.1) is 20.5 Å². The molecule has 9 nitrogen and oxygen atoms in total. The molecule has 1 unspecified atom stereocenters. The van der Waals surface area contributed by atoms with Gasteiger partial charge in [-0.1, -0.05) is 54.1 Å². The van der Waals surface area contributed by atoms with Crippen molar-refractivity contribution in [3.63, 3.8) is 0 Å². The van der Waals surface area contributed by atoms with Crippen LogP contribution in [0.5, 0.6) is 5.75 Å². The molecule has 4 aromatic rings. The number of hydrogen-bond donors (Lipinski definition) is 0. The molecule has 4 aromatic carbocycles. The molecule has 0 aliphatic rings. The van der Waals surface area contributed by atoms with Crippen molar-refractivity contribution < 1.29 is 30.7 Å². The largest absolute Gasteiger partial charge is 0.488 e. The van der Waals surface area contributed by atoms with E-state index in [0.717, 1.165) is 10.9 Å². The van der Waals surface area contributed by atoms with Gasteiger partial charge in [0, 0.05) is 17.0 Å². The van der Waals surface area contributed by atoms with E-state index in [1.165, 1.54) is 36.4 Å². The number of nitro groups is 1. The molecule has 0 aliphatic carbocycles. The third-order valence-corrected chi connectivity index (χ3v) is 8.80. The quantitative estimate of drug-likeness (QED) is 0.148. The van der Waals surface area contributed by atoms with Gasteiger partial charge in [0.25, 0.3) is 15.8 Å². The fraction of sp³-hybridized carbons (Fsp3) is 0.185. The average Bonchev–Trinajstić information content (AvgIpc) is 2.87. The minimum Gasteiger partial charge on any atom is -0.488 e. The predicted molar refractivity (Wildman–Crippen MR) is 142 cm³/mol. The summed E-state index contributed by atoms with van der Waals surface area (Å²) >= 11 is 0. The second kappa shape index (κ2) is 10.9. The molecule has 198 valence electrons. The number of fused-ring (bicyclic) bond motifs is 1. The summed E-state index contributed by atoms with van der Waals surface area (Å²) in [7, 11) is -7.98. The number of nitrogens with zero attached hydrogens (tertiary/aromatic N) is 1. The molecule has 0 fully saturated rings. The van der Waals surface area contributed by atoms with E-state index in [0.29, 0.717) is 5.39 Å². The van der Waals surface area contributed by atoms with E-state index in [1.807, 2.05) is 6.92 Å². The Bertz CT molecular complexity index is 1690. The zero-order valence-electron chi connectivity index (χ0n) is 20.6. The molecule has 0 aromatic heterocycles. The highest BCUT2D eigenvalue weighted by molar-refractivity contribution is 7.91. The Balaban J connectivity index is 1.54. The fourth-order valence-corrected chi connectivity index (χ4v) is 6.48. The van der Waals surface area contributed by atoms with Crippen LogP contribution in [0.2, 0.25) is 0 Å². The van der Waals surface area contributed by atoms with Gasteiger partial charge < -0.3 is 4.74 Å². The maximum atomic E-state index is 13.3. The molecular weight excluding hydrogens is 530 g/mol. The fourth-order valence-electron chi connectivity index (χ4n) is 3.90. The Morgan fingerprint density at radius 2 is 1.58 bits per heavy atom. The number of nitro benzene ring substituents is 1. The van der Waals surface area contributed by atoms with Crippen molar-refractivity contribution in [2.75, 3.05) is 6.61 Å². The monoisotopic (exact) mass is 555 g/mol. The van der Waals surface area contributed by atoms with Crippen LogP contribution in [0, 0.1) is 17.0 Å². The van der Waals surface area contributed by atoms with Crippen molar-refractivity contribution in [2.24, 2.45) is 0 Å². The third kappa shape index (κ3) is 6.18. The summed E-state index contributed by atoms with van der Waals surface area (Å²) in [5.41, 5.74) is 0.477. The first kappa shape index (κ1) is 27.2. The molecule has 0 bridgehead atoms. The van der Waals surface area contributed by atoms with Crippen molar-refractivity contribution in [1.29, 1.82) is 0 Å². The van der Waals surface area contributed by atoms with E-state index in [1.54, 1.807) is 55.5 Å². The topological polar surface area (TPSA) is 130 Å². The van der Waals surface area contributed by atoms with Crippen LogP contribution in [-0.2, 0) is 29.9 Å². The summed E-state index contributed by atoms with van der Waals surface area (Å²) in [6.45, 7) is 3.08. The van der Waals surface area contributed by atoms with Crippen LogP contribution in [0.25, 0.3) is 10.8 Å². The average molecular weight is 556 g/mol. The highest BCUT2D eigenvalue weighted by Crippen LogP contribution is 2.31. The normalized spacial score (nSPS) is 12.8. The van der Waals surface area contributed by atoms with Crippen LogP contribution in [0.1, 0.15) is 18.1 Å². The van der Waals surface area contributed by atoms with Gasteiger partial charge in [0.15, 0.2) is 9.84 Å². The second-order valence-electron chi connectivity index (χ2n) is 8.76. The highest BCUT2D eigenvalue weighted by Gasteiger charge is 2.25. The van der Waals surface area contributed by atoms with Gasteiger partial charge in [-0.05, 0) is 49.6 Å². The maximum absolute atomic E-state index is 13.3. The summed E-state index contributed by atoms with van der Waals surface area (Å²) in [6.07, 6.45) is -0.765. The number of rotatable bonds is 10. The lowest BCUT2D eigenvalue weighted by atomic mass is 10.1. The van der Waals surface area contributed by atoms with Crippen molar-refractivity contribution in [3.05, 3.63) is 106 Å². The first-order valence-corrected chi connectivity index (χ1v) is 14.6. The van der Waals surface area contributed by atoms with Crippen LogP contribution in [0.4, 0.5) is 5.69 Å². The number of benzene rings is 4. The molecule has 0 heterocycles. The molecule has 38 heavy (non-hydrogen) atoms. The van der Waals surface area contributed by atoms with Gasteiger partial charge in [0.2, 0.25) is 0 Å². The molecule has 11 heteroatoms. The molecule has 0 radical (unpaired) electrons. The van der Waals surface area contributed by atoms with Gasteiger partial charge >= 0.3 is 0 Å². The van der Waals surface area contributed by atoms with Gasteiger partial charge in [-0.2, -0.15) is 8.42 Å². The summed E-state index contributed by atoms with van der Waals surface area (Å²) in [5, 5.41) is 12.9. The first-order valence-electron chi connectivity index (χ1n) is 11.6. The van der Waals surface area contributed by atoms with Crippen LogP contribution in [0.15, 0.2) is 94.7 Å². The third-order valence-electron chi connectivity index (χ3n) is 5.78. The summed E-state index contributed by atoms with van der Waals surface area (Å²) in [4.78, 5) is 11.1. The molecule has 1 atom stereocenters. The molecule has 0 aliphatic heterocycles. The Morgan fingerprint density at radius 1 is 0.895 bits per heavy atom. The van der Waals surface area contributed by atoms with E-state index in [9.17, 15) is 26.9 Å². The molecule has 0 amide bonds. The van der Waals surface area contributed by atoms with E-state index >= 15 is 0 Å². The zero-order valence-corrected chi connectivity index (χ0v) is 22.2. The van der Waals surface area contributed by atoms with Crippen molar-refractivity contribution in [3.8, 4) is 5.75 Å². The van der Waals surface area contributed by atoms with Crippen LogP contribution >= 0.6 is 0 Å². The van der Waals surface area contributed by atoms with Gasteiger partial charge in [-0.3, -0.25) is 14.3 Å². The molecule has 0 N–H and O–H groups in total. The lowest BCUT2D eigenvalue weighted by molar-refractivity contribution is -0.385. The second-order valence-corrected chi connectivity index (χ2v) is 12.3. The number of sulfone groups is 1.